The van der Waals surface area contributed by atoms with Crippen molar-refractivity contribution in [1.29, 1.82) is 0 Å². The monoisotopic (exact) mass is 1160 g/mol. The molecule has 12 unspecified atom stereocenters. The van der Waals surface area contributed by atoms with Gasteiger partial charge in [-0.3, -0.25) is 4.79 Å². The molecular formula is C68H121NO13. The minimum atomic E-state index is -1.80. The molecule has 0 radical (unpaired) electrons. The lowest BCUT2D eigenvalue weighted by molar-refractivity contribution is -0.359. The summed E-state index contributed by atoms with van der Waals surface area (Å²) in [6, 6.07) is -0.938. The summed E-state index contributed by atoms with van der Waals surface area (Å²) in [6.07, 6.45) is 53.8. The van der Waals surface area contributed by atoms with E-state index in [0.29, 0.717) is 6.42 Å². The molecule has 0 bridgehead atoms. The molecule has 0 aromatic rings. The Morgan fingerprint density at radius 2 is 0.841 bits per heavy atom. The summed E-state index contributed by atoms with van der Waals surface area (Å²) in [4.78, 5) is 13.3. The van der Waals surface area contributed by atoms with Crippen LogP contribution in [-0.4, -0.2) is 140 Å². The van der Waals surface area contributed by atoms with Crippen molar-refractivity contribution in [2.24, 2.45) is 0 Å². The molecule has 0 aliphatic carbocycles. The van der Waals surface area contributed by atoms with Gasteiger partial charge in [0.05, 0.1) is 32.0 Å². The summed E-state index contributed by atoms with van der Waals surface area (Å²) in [5, 5.41) is 87.3. The quantitative estimate of drug-likeness (QED) is 0.0204. The fraction of sp³-hybridized carbons (Fsp3) is 0.809. The molecule has 2 aliphatic rings. The SMILES string of the molecule is CC/C=C\C/C=C\C/C=C\C/C=C\C/C=C\CCCCCC(=O)NC(COC1OC(CO)C(OC2OC(CO)C(O)C(O)C2O)C(O)C1O)C(O)/C=C/CCCCCCCCCCCCCCCCCCCCCCCCCCCCC. The highest BCUT2D eigenvalue weighted by Crippen LogP contribution is 2.30. The molecule has 2 aliphatic heterocycles. The van der Waals surface area contributed by atoms with Crippen molar-refractivity contribution in [3.63, 3.8) is 0 Å². The summed E-state index contributed by atoms with van der Waals surface area (Å²) < 4.78 is 22.8. The van der Waals surface area contributed by atoms with Crippen LogP contribution in [0.3, 0.4) is 0 Å². The molecule has 1 amide bonds. The zero-order valence-electron chi connectivity index (χ0n) is 51.5. The van der Waals surface area contributed by atoms with Crippen LogP contribution in [0.1, 0.15) is 258 Å². The molecule has 2 rings (SSSR count). The van der Waals surface area contributed by atoms with Gasteiger partial charge in [-0.05, 0) is 64.2 Å². The predicted octanol–water partition coefficient (Wildman–Crippen LogP) is 12.7. The van der Waals surface area contributed by atoms with Gasteiger partial charge in [-0.2, -0.15) is 0 Å². The number of aliphatic hydroxyl groups excluding tert-OH is 8. The zero-order chi connectivity index (χ0) is 59.5. The third-order valence-corrected chi connectivity index (χ3v) is 15.9. The average Bonchev–Trinajstić information content (AvgIpc) is 3.67. The number of hydrogen-bond donors (Lipinski definition) is 9. The highest BCUT2D eigenvalue weighted by molar-refractivity contribution is 5.76. The topological polar surface area (TPSA) is 228 Å². The van der Waals surface area contributed by atoms with Crippen LogP contribution in [0, 0.1) is 0 Å². The Labute approximate surface area is 498 Å². The molecular weight excluding hydrogens is 1040 g/mol. The van der Waals surface area contributed by atoms with Crippen molar-refractivity contribution in [3.05, 3.63) is 72.9 Å². The van der Waals surface area contributed by atoms with Gasteiger partial charge in [0.15, 0.2) is 12.6 Å². The van der Waals surface area contributed by atoms with E-state index in [1.165, 1.54) is 161 Å². The summed E-state index contributed by atoms with van der Waals surface area (Å²) in [5.74, 6) is -0.270. The van der Waals surface area contributed by atoms with Gasteiger partial charge in [0.1, 0.15) is 48.8 Å². The van der Waals surface area contributed by atoms with Gasteiger partial charge < -0.3 is 65.1 Å². The minimum Gasteiger partial charge on any atom is -0.394 e. The van der Waals surface area contributed by atoms with E-state index in [1.54, 1.807) is 6.08 Å². The number of rotatable bonds is 53. The van der Waals surface area contributed by atoms with Gasteiger partial charge in [0, 0.05) is 6.42 Å². The second-order valence-corrected chi connectivity index (χ2v) is 23.2. The number of amides is 1. The van der Waals surface area contributed by atoms with Gasteiger partial charge >= 0.3 is 0 Å². The summed E-state index contributed by atoms with van der Waals surface area (Å²) >= 11 is 0. The third-order valence-electron chi connectivity index (χ3n) is 15.9. The van der Waals surface area contributed by atoms with E-state index in [0.717, 1.165) is 70.6 Å². The first-order valence-corrected chi connectivity index (χ1v) is 33.2. The Kier molecular flexibility index (Phi) is 48.6. The van der Waals surface area contributed by atoms with Crippen LogP contribution in [-0.2, 0) is 23.7 Å². The molecule has 14 nitrogen and oxygen atoms in total. The molecule has 12 atom stereocenters. The second-order valence-electron chi connectivity index (χ2n) is 23.2. The standard InChI is InChI=1S/C68H121NO13/c1-3-5-7-9-11-13-15-17-19-21-23-24-25-26-27-28-29-30-31-32-34-35-37-39-41-43-45-47-49-51-57(72)56(69-60(73)52-50-48-46-44-42-40-38-36-33-22-20-18-16-14-12-10-8-6-4-2)55-79-67-65(78)63(76)66(59(54-71)81-67)82-68-64(77)62(75)61(74)58(53-70)80-68/h6,8,12,14,18,20,33,36,40,42,49,51,56-59,61-68,70-72,74-78H,3-5,7,9-11,13,15-17,19,21-32,34-35,37-39,41,43-48,50,52-55H2,1-2H3,(H,69,73)/b8-6-,14-12-,20-18-,36-33-,42-40-,51-49+. The number of aliphatic hydroxyl groups is 8. The Hall–Kier alpha value is -2.57. The molecule has 476 valence electrons. The Morgan fingerprint density at radius 3 is 1.29 bits per heavy atom. The fourth-order valence-corrected chi connectivity index (χ4v) is 10.6. The largest absolute Gasteiger partial charge is 0.394 e. The predicted molar refractivity (Wildman–Crippen MR) is 332 cm³/mol. The van der Waals surface area contributed by atoms with Gasteiger partial charge in [0.25, 0.3) is 0 Å². The van der Waals surface area contributed by atoms with Crippen molar-refractivity contribution >= 4 is 5.91 Å². The van der Waals surface area contributed by atoms with E-state index < -0.39 is 86.8 Å². The van der Waals surface area contributed by atoms with Crippen LogP contribution in [0.15, 0.2) is 72.9 Å². The molecule has 2 fully saturated rings. The van der Waals surface area contributed by atoms with E-state index in [1.807, 2.05) is 6.08 Å². The van der Waals surface area contributed by atoms with E-state index in [4.69, 9.17) is 18.9 Å². The van der Waals surface area contributed by atoms with Crippen LogP contribution in [0.5, 0.6) is 0 Å². The van der Waals surface area contributed by atoms with Gasteiger partial charge in [-0.25, -0.2) is 0 Å². The third kappa shape index (κ3) is 37.1. The lowest BCUT2D eigenvalue weighted by Gasteiger charge is -2.46. The molecule has 0 saturated carbocycles. The Morgan fingerprint density at radius 1 is 0.451 bits per heavy atom. The first-order valence-electron chi connectivity index (χ1n) is 33.2. The van der Waals surface area contributed by atoms with E-state index in [-0.39, 0.29) is 18.9 Å². The van der Waals surface area contributed by atoms with Gasteiger partial charge in [-0.1, -0.05) is 260 Å². The molecule has 0 spiro atoms. The minimum absolute atomic E-state index is 0.239. The summed E-state index contributed by atoms with van der Waals surface area (Å²) in [7, 11) is 0. The maximum atomic E-state index is 13.3. The van der Waals surface area contributed by atoms with Crippen molar-refractivity contribution in [2.45, 2.75) is 331 Å². The lowest BCUT2D eigenvalue weighted by atomic mass is 9.97. The van der Waals surface area contributed by atoms with Crippen LogP contribution in [0.2, 0.25) is 0 Å². The molecule has 14 heteroatoms. The van der Waals surface area contributed by atoms with Crippen molar-refractivity contribution in [2.75, 3.05) is 19.8 Å². The van der Waals surface area contributed by atoms with Crippen molar-refractivity contribution in [1.82, 2.24) is 5.32 Å². The van der Waals surface area contributed by atoms with Crippen molar-refractivity contribution < 1.29 is 64.6 Å². The van der Waals surface area contributed by atoms with E-state index in [9.17, 15) is 45.6 Å². The maximum Gasteiger partial charge on any atom is 0.220 e. The van der Waals surface area contributed by atoms with Crippen LogP contribution in [0.25, 0.3) is 0 Å². The number of unbranched alkanes of at least 4 members (excludes halogenated alkanes) is 30. The Bertz CT molecular complexity index is 1650. The normalized spacial score (nSPS) is 24.4. The number of allylic oxidation sites excluding steroid dienone is 11. The number of nitrogens with one attached hydrogen (secondary N) is 1. The van der Waals surface area contributed by atoms with E-state index in [2.05, 4.69) is 79.9 Å². The average molecular weight is 1160 g/mol. The summed E-state index contributed by atoms with van der Waals surface area (Å²) in [5.41, 5.74) is 0. The smallest absolute Gasteiger partial charge is 0.220 e. The first-order chi connectivity index (χ1) is 40.1. The van der Waals surface area contributed by atoms with Crippen molar-refractivity contribution in [3.8, 4) is 0 Å². The van der Waals surface area contributed by atoms with Crippen LogP contribution >= 0.6 is 0 Å². The van der Waals surface area contributed by atoms with E-state index >= 15 is 0 Å². The molecule has 0 aromatic heterocycles. The van der Waals surface area contributed by atoms with Crippen LogP contribution < -0.4 is 5.32 Å². The molecule has 82 heavy (non-hydrogen) atoms. The molecule has 9 N–H and O–H groups in total. The summed E-state index contributed by atoms with van der Waals surface area (Å²) in [6.45, 7) is 2.68. The Balaban J connectivity index is 1.71. The lowest BCUT2D eigenvalue weighted by Crippen LogP contribution is -2.65. The molecule has 0 aromatic carbocycles. The second kappa shape index (κ2) is 52.7. The fourth-order valence-electron chi connectivity index (χ4n) is 10.6. The highest BCUT2D eigenvalue weighted by Gasteiger charge is 2.51. The maximum absolute atomic E-state index is 13.3. The molecule has 2 saturated heterocycles. The highest BCUT2D eigenvalue weighted by atomic mass is 16.7. The molecule has 2 heterocycles. The first kappa shape index (κ1) is 75.5. The number of hydrogen-bond acceptors (Lipinski definition) is 13. The number of carbonyl (C=O) groups excluding carboxylic acids is 1. The van der Waals surface area contributed by atoms with Gasteiger partial charge in [0.2, 0.25) is 5.91 Å². The number of carbonyl (C=O) groups is 1. The number of ether oxygens (including phenoxy) is 4. The van der Waals surface area contributed by atoms with Gasteiger partial charge in [-0.15, -0.1) is 0 Å². The van der Waals surface area contributed by atoms with Crippen LogP contribution in [0.4, 0.5) is 0 Å². The zero-order valence-corrected chi connectivity index (χ0v) is 51.5.